The predicted molar refractivity (Wildman–Crippen MR) is 63.3 cm³/mol. The quantitative estimate of drug-likeness (QED) is 0.625. The minimum Gasteiger partial charge on any atom is -0.479 e. The van der Waals surface area contributed by atoms with Gasteiger partial charge in [-0.2, -0.15) is 0 Å². The molecule has 1 atom stereocenters. The summed E-state index contributed by atoms with van der Waals surface area (Å²) < 4.78 is 5.40. The van der Waals surface area contributed by atoms with Gasteiger partial charge in [0.05, 0.1) is 5.69 Å². The Morgan fingerprint density at radius 3 is 3.06 bits per heavy atom. The van der Waals surface area contributed by atoms with Crippen LogP contribution in [0, 0.1) is 0 Å². The highest BCUT2D eigenvalue weighted by Gasteiger charge is 2.23. The Balaban J connectivity index is 2.17. The zero-order chi connectivity index (χ0) is 12.4. The van der Waals surface area contributed by atoms with Gasteiger partial charge in [-0.25, -0.2) is 0 Å². The van der Waals surface area contributed by atoms with Crippen LogP contribution in [0.5, 0.6) is 5.75 Å². The van der Waals surface area contributed by atoms with Crippen molar-refractivity contribution in [3.05, 3.63) is 23.8 Å². The highest BCUT2D eigenvalue weighted by atomic mass is 35.5. The van der Waals surface area contributed by atoms with Gasteiger partial charge < -0.3 is 15.4 Å². The molecule has 6 heteroatoms. The Labute approximate surface area is 103 Å². The van der Waals surface area contributed by atoms with Gasteiger partial charge >= 0.3 is 5.37 Å². The van der Waals surface area contributed by atoms with Gasteiger partial charge in [-0.1, -0.05) is 6.07 Å². The van der Waals surface area contributed by atoms with Crippen molar-refractivity contribution in [2.75, 3.05) is 5.32 Å². The van der Waals surface area contributed by atoms with Crippen LogP contribution < -0.4 is 15.4 Å². The van der Waals surface area contributed by atoms with Gasteiger partial charge in [-0.05, 0) is 36.2 Å². The van der Waals surface area contributed by atoms with Crippen LogP contribution in [0.2, 0.25) is 0 Å². The van der Waals surface area contributed by atoms with Crippen LogP contribution >= 0.6 is 11.6 Å². The van der Waals surface area contributed by atoms with E-state index in [1.54, 1.807) is 25.1 Å². The van der Waals surface area contributed by atoms with E-state index in [0.29, 0.717) is 18.0 Å². The van der Waals surface area contributed by atoms with E-state index in [9.17, 15) is 9.59 Å². The molecule has 1 aliphatic heterocycles. The summed E-state index contributed by atoms with van der Waals surface area (Å²) in [5.74, 6) is 0.439. The Morgan fingerprint density at radius 1 is 1.59 bits per heavy atom. The molecule has 1 aromatic rings. The lowest BCUT2D eigenvalue weighted by molar-refractivity contribution is -0.122. The topological polar surface area (TPSA) is 67.4 Å². The smallest absolute Gasteiger partial charge is 0.314 e. The third-order valence-corrected chi connectivity index (χ3v) is 2.54. The first-order valence-corrected chi connectivity index (χ1v) is 5.48. The highest BCUT2D eigenvalue weighted by Crippen LogP contribution is 2.30. The first-order valence-electron chi connectivity index (χ1n) is 5.10. The molecule has 0 saturated heterocycles. The molecule has 17 heavy (non-hydrogen) atoms. The second kappa shape index (κ2) is 4.63. The molecule has 2 N–H and O–H groups in total. The molecular weight excluding hydrogens is 244 g/mol. The van der Waals surface area contributed by atoms with E-state index in [4.69, 9.17) is 16.3 Å². The van der Waals surface area contributed by atoms with Crippen molar-refractivity contribution >= 4 is 28.6 Å². The zero-order valence-electron chi connectivity index (χ0n) is 9.12. The molecular formula is C11H11ClN2O3. The monoisotopic (exact) mass is 254 g/mol. The normalized spacial score (nSPS) is 17.8. The molecule has 0 radical (unpaired) electrons. The van der Waals surface area contributed by atoms with Crippen molar-refractivity contribution in [2.24, 2.45) is 0 Å². The van der Waals surface area contributed by atoms with Crippen molar-refractivity contribution in [1.82, 2.24) is 5.32 Å². The maximum atomic E-state index is 11.4. The van der Waals surface area contributed by atoms with Gasteiger partial charge in [0.1, 0.15) is 5.75 Å². The lowest BCUT2D eigenvalue weighted by atomic mass is 10.1. The summed E-state index contributed by atoms with van der Waals surface area (Å²) in [6.45, 7) is 1.99. The van der Waals surface area contributed by atoms with Gasteiger partial charge in [0.25, 0.3) is 5.91 Å². The average Bonchev–Trinajstić information content (AvgIpc) is 2.28. The number of benzene rings is 1. The number of anilines is 1. The van der Waals surface area contributed by atoms with E-state index in [0.717, 1.165) is 5.56 Å². The average molecular weight is 255 g/mol. The predicted octanol–water partition coefficient (Wildman–Crippen LogP) is 1.85. The number of ether oxygens (including phenoxy) is 1. The van der Waals surface area contributed by atoms with Gasteiger partial charge in [0, 0.05) is 6.54 Å². The number of hydrogen-bond donors (Lipinski definition) is 2. The fraction of sp³-hybridized carbons (Fsp3) is 0.273. The summed E-state index contributed by atoms with van der Waals surface area (Å²) in [6.07, 6.45) is -0.490. The first-order chi connectivity index (χ1) is 8.06. The molecule has 1 heterocycles. The van der Waals surface area contributed by atoms with Crippen LogP contribution in [-0.4, -0.2) is 17.4 Å². The fourth-order valence-electron chi connectivity index (χ4n) is 1.54. The molecule has 0 saturated carbocycles. The summed E-state index contributed by atoms with van der Waals surface area (Å²) in [5.41, 5.74) is 1.44. The standard InChI is InChI=1S/C11H11ClN2O3/c1-6-10(15)14-8-4-7(5-13-11(12)16)2-3-9(8)17-6/h2-4,6H,5H2,1H3,(H,13,16)(H,14,15). The molecule has 1 aromatic carbocycles. The van der Waals surface area contributed by atoms with Gasteiger partial charge in [-0.3, -0.25) is 9.59 Å². The minimum absolute atomic E-state index is 0.184. The second-order valence-electron chi connectivity index (χ2n) is 3.71. The SMILES string of the molecule is CC1Oc2ccc(CNC(=O)Cl)cc2NC1=O. The number of nitrogens with one attached hydrogen (secondary N) is 2. The number of carbonyl (C=O) groups excluding carboxylic acids is 2. The molecule has 0 bridgehead atoms. The third kappa shape index (κ3) is 2.68. The number of rotatable bonds is 2. The highest BCUT2D eigenvalue weighted by molar-refractivity contribution is 6.62. The van der Waals surface area contributed by atoms with Crippen molar-refractivity contribution in [1.29, 1.82) is 0 Å². The number of carbonyl (C=O) groups is 2. The molecule has 5 nitrogen and oxygen atoms in total. The van der Waals surface area contributed by atoms with Crippen LogP contribution in [0.3, 0.4) is 0 Å². The van der Waals surface area contributed by atoms with E-state index >= 15 is 0 Å². The maximum Gasteiger partial charge on any atom is 0.314 e. The lowest BCUT2D eigenvalue weighted by Gasteiger charge is -2.23. The van der Waals surface area contributed by atoms with Gasteiger partial charge in [0.2, 0.25) is 0 Å². The summed E-state index contributed by atoms with van der Waals surface area (Å²) in [6, 6.07) is 5.29. The van der Waals surface area contributed by atoms with Crippen molar-refractivity contribution < 1.29 is 14.3 Å². The van der Waals surface area contributed by atoms with E-state index < -0.39 is 11.5 Å². The van der Waals surface area contributed by atoms with Crippen LogP contribution in [-0.2, 0) is 11.3 Å². The number of hydrogen-bond acceptors (Lipinski definition) is 3. The molecule has 0 spiro atoms. The largest absolute Gasteiger partial charge is 0.479 e. The van der Waals surface area contributed by atoms with Crippen LogP contribution in [0.4, 0.5) is 10.5 Å². The van der Waals surface area contributed by atoms with Crippen LogP contribution in [0.25, 0.3) is 0 Å². The Kier molecular flexibility index (Phi) is 3.19. The van der Waals surface area contributed by atoms with Crippen molar-refractivity contribution in [2.45, 2.75) is 19.6 Å². The molecule has 90 valence electrons. The van der Waals surface area contributed by atoms with E-state index in [2.05, 4.69) is 10.6 Å². The van der Waals surface area contributed by atoms with E-state index in [1.165, 1.54) is 0 Å². The molecule has 1 unspecified atom stereocenters. The second-order valence-corrected chi connectivity index (χ2v) is 4.05. The molecule has 0 aliphatic carbocycles. The maximum absolute atomic E-state index is 11.4. The van der Waals surface area contributed by atoms with E-state index in [1.807, 2.05) is 0 Å². The van der Waals surface area contributed by atoms with Crippen molar-refractivity contribution in [3.8, 4) is 5.75 Å². The molecule has 1 aliphatic rings. The molecule has 2 amide bonds. The first kappa shape index (κ1) is 11.7. The van der Waals surface area contributed by atoms with E-state index in [-0.39, 0.29) is 5.91 Å². The van der Waals surface area contributed by atoms with Crippen LogP contribution in [0.15, 0.2) is 18.2 Å². The molecule has 0 aromatic heterocycles. The fourth-order valence-corrected chi connectivity index (χ4v) is 1.60. The number of amides is 2. The van der Waals surface area contributed by atoms with Gasteiger partial charge in [-0.15, -0.1) is 0 Å². The summed E-state index contributed by atoms with van der Waals surface area (Å²) in [4.78, 5) is 22.0. The Morgan fingerprint density at radius 2 is 2.35 bits per heavy atom. The minimum atomic E-state index is -0.614. The number of halogens is 1. The third-order valence-electron chi connectivity index (χ3n) is 2.41. The van der Waals surface area contributed by atoms with Crippen LogP contribution in [0.1, 0.15) is 12.5 Å². The van der Waals surface area contributed by atoms with Crippen molar-refractivity contribution in [3.63, 3.8) is 0 Å². The number of fused-ring (bicyclic) bond motifs is 1. The summed E-state index contributed by atoms with van der Waals surface area (Å²) in [5, 5.41) is 4.58. The summed E-state index contributed by atoms with van der Waals surface area (Å²) in [7, 11) is 0. The Bertz CT molecular complexity index is 476. The van der Waals surface area contributed by atoms with Gasteiger partial charge in [0.15, 0.2) is 6.10 Å². The zero-order valence-corrected chi connectivity index (χ0v) is 9.88. The molecule has 2 rings (SSSR count). The Hall–Kier alpha value is -1.75. The molecule has 0 fully saturated rings. The summed E-state index contributed by atoms with van der Waals surface area (Å²) >= 11 is 5.17. The lowest BCUT2D eigenvalue weighted by Crippen LogP contribution is -2.34.